The van der Waals surface area contributed by atoms with Crippen LogP contribution in [0.2, 0.25) is 0 Å². The van der Waals surface area contributed by atoms with Crippen LogP contribution in [-0.2, 0) is 4.79 Å². The third kappa shape index (κ3) is 6.38. The number of nitrogens with one attached hydrogen (secondary N) is 1. The van der Waals surface area contributed by atoms with E-state index in [2.05, 4.69) is 10.5 Å². The Hall–Kier alpha value is -3.80. The lowest BCUT2D eigenvalue weighted by molar-refractivity contribution is -0.140. The van der Waals surface area contributed by atoms with Gasteiger partial charge < -0.3 is 14.2 Å². The van der Waals surface area contributed by atoms with Crippen LogP contribution in [0.3, 0.4) is 0 Å². The van der Waals surface area contributed by atoms with Gasteiger partial charge in [-0.05, 0) is 42.8 Å². The lowest BCUT2D eigenvalue weighted by atomic mass is 10.2. The Balaban J connectivity index is 1.69. The van der Waals surface area contributed by atoms with E-state index in [0.29, 0.717) is 23.9 Å². The van der Waals surface area contributed by atoms with Gasteiger partial charge in [0.25, 0.3) is 0 Å². The maximum atomic E-state index is 12.7. The van der Waals surface area contributed by atoms with Gasteiger partial charge in [0.15, 0.2) is 0 Å². The van der Waals surface area contributed by atoms with Gasteiger partial charge in [0.1, 0.15) is 17.2 Å². The Kier molecular flexibility index (Phi) is 7.85. The monoisotopic (exact) mass is 404 g/mol. The molecule has 154 valence electrons. The van der Waals surface area contributed by atoms with Crippen molar-refractivity contribution in [2.75, 3.05) is 6.61 Å². The van der Waals surface area contributed by atoms with Crippen LogP contribution in [0.15, 0.2) is 90.0 Å². The minimum Gasteiger partial charge on any atom is -0.493 e. The molecule has 0 bridgehead atoms. The van der Waals surface area contributed by atoms with E-state index < -0.39 is 12.2 Å². The van der Waals surface area contributed by atoms with Crippen molar-refractivity contribution >= 4 is 12.1 Å². The summed E-state index contributed by atoms with van der Waals surface area (Å²) in [7, 11) is 0. The number of amides is 1. The molecule has 6 nitrogen and oxygen atoms in total. The van der Waals surface area contributed by atoms with Gasteiger partial charge in [0.05, 0.1) is 12.8 Å². The number of benzene rings is 3. The smallest absolute Gasteiger partial charge is 0.323 e. The molecule has 0 spiro atoms. The molecule has 0 saturated carbocycles. The molecule has 3 rings (SSSR count). The largest absolute Gasteiger partial charge is 0.493 e. The van der Waals surface area contributed by atoms with Crippen LogP contribution < -0.4 is 19.6 Å². The lowest BCUT2D eigenvalue weighted by Gasteiger charge is -2.18. The molecule has 0 unspecified atom stereocenters. The number of hydrazone groups is 1. The Morgan fingerprint density at radius 2 is 1.47 bits per heavy atom. The minimum absolute atomic E-state index is 0.510. The number of para-hydroxylation sites is 3. The zero-order valence-electron chi connectivity index (χ0n) is 16.7. The standard InChI is InChI=1S/C24H24N2O4/c1-2-17-28-22-16-10-9-11-19(22)18-25-26-23(27)24(29-20-12-5-3-6-13-20)30-21-14-7-4-8-15-21/h3-16,18,24H,2,17H2,1H3,(H,26,27). The average molecular weight is 404 g/mol. The molecule has 0 aromatic heterocycles. The first kappa shape index (κ1) is 20.9. The molecule has 3 aromatic rings. The zero-order valence-corrected chi connectivity index (χ0v) is 16.7. The van der Waals surface area contributed by atoms with Gasteiger partial charge in [-0.1, -0.05) is 55.5 Å². The van der Waals surface area contributed by atoms with Crippen molar-refractivity contribution in [2.45, 2.75) is 19.6 Å². The Morgan fingerprint density at radius 1 is 0.900 bits per heavy atom. The van der Waals surface area contributed by atoms with E-state index in [4.69, 9.17) is 14.2 Å². The quantitative estimate of drug-likeness (QED) is 0.309. The topological polar surface area (TPSA) is 69.2 Å². The molecule has 1 N–H and O–H groups in total. The second-order valence-electron chi connectivity index (χ2n) is 6.31. The summed E-state index contributed by atoms with van der Waals surface area (Å²) in [6.45, 7) is 2.64. The van der Waals surface area contributed by atoms with Gasteiger partial charge in [-0.15, -0.1) is 0 Å². The third-order valence-corrected chi connectivity index (χ3v) is 3.95. The highest BCUT2D eigenvalue weighted by molar-refractivity contribution is 5.86. The highest BCUT2D eigenvalue weighted by Gasteiger charge is 2.22. The predicted molar refractivity (Wildman–Crippen MR) is 116 cm³/mol. The van der Waals surface area contributed by atoms with Crippen LogP contribution in [0.4, 0.5) is 0 Å². The molecule has 0 radical (unpaired) electrons. The van der Waals surface area contributed by atoms with Gasteiger partial charge in [-0.25, -0.2) is 5.43 Å². The fraction of sp³-hybridized carbons (Fsp3) is 0.167. The number of hydrogen-bond acceptors (Lipinski definition) is 5. The van der Waals surface area contributed by atoms with E-state index in [9.17, 15) is 4.79 Å². The Bertz CT molecular complexity index is 904. The van der Waals surface area contributed by atoms with Crippen LogP contribution in [0.25, 0.3) is 0 Å². The van der Waals surface area contributed by atoms with Crippen molar-refractivity contribution in [3.63, 3.8) is 0 Å². The zero-order chi connectivity index (χ0) is 21.0. The average Bonchev–Trinajstić information content (AvgIpc) is 2.79. The molecule has 6 heteroatoms. The first-order valence-corrected chi connectivity index (χ1v) is 9.74. The van der Waals surface area contributed by atoms with E-state index in [1.165, 1.54) is 6.21 Å². The normalized spacial score (nSPS) is 10.7. The van der Waals surface area contributed by atoms with Gasteiger partial charge in [-0.2, -0.15) is 5.10 Å². The molecule has 1 amide bonds. The van der Waals surface area contributed by atoms with E-state index in [1.807, 2.05) is 67.6 Å². The van der Waals surface area contributed by atoms with E-state index in [1.54, 1.807) is 24.3 Å². The lowest BCUT2D eigenvalue weighted by Crippen LogP contribution is -2.40. The molecular formula is C24H24N2O4. The maximum Gasteiger partial charge on any atom is 0.323 e. The number of hydrogen-bond donors (Lipinski definition) is 1. The number of rotatable bonds is 10. The van der Waals surface area contributed by atoms with Gasteiger partial charge >= 0.3 is 12.2 Å². The molecule has 3 aromatic carbocycles. The first-order valence-electron chi connectivity index (χ1n) is 9.74. The van der Waals surface area contributed by atoms with Gasteiger partial charge in [0, 0.05) is 5.56 Å². The van der Waals surface area contributed by atoms with Crippen LogP contribution in [0.5, 0.6) is 17.2 Å². The van der Waals surface area contributed by atoms with E-state index >= 15 is 0 Å². The molecule has 0 aliphatic rings. The molecule has 0 aliphatic heterocycles. The molecule has 0 aliphatic carbocycles. The molecular weight excluding hydrogens is 380 g/mol. The molecule has 0 heterocycles. The Labute approximate surface area is 176 Å². The summed E-state index contributed by atoms with van der Waals surface area (Å²) in [6.07, 6.45) is 1.22. The van der Waals surface area contributed by atoms with Crippen LogP contribution >= 0.6 is 0 Å². The van der Waals surface area contributed by atoms with Crippen molar-refractivity contribution < 1.29 is 19.0 Å². The van der Waals surface area contributed by atoms with Crippen LogP contribution in [-0.4, -0.2) is 25.0 Å². The van der Waals surface area contributed by atoms with Crippen molar-refractivity contribution in [1.29, 1.82) is 0 Å². The minimum atomic E-state index is -1.21. The fourth-order valence-electron chi connectivity index (χ4n) is 2.53. The summed E-state index contributed by atoms with van der Waals surface area (Å²) < 4.78 is 17.1. The molecule has 0 atom stereocenters. The molecule has 0 saturated heterocycles. The second kappa shape index (κ2) is 11.3. The maximum absolute atomic E-state index is 12.7. The van der Waals surface area contributed by atoms with Crippen LogP contribution in [0, 0.1) is 0 Å². The number of carbonyl (C=O) groups excluding carboxylic acids is 1. The second-order valence-corrected chi connectivity index (χ2v) is 6.31. The predicted octanol–water partition coefficient (Wildman–Crippen LogP) is 4.41. The highest BCUT2D eigenvalue weighted by atomic mass is 16.7. The van der Waals surface area contributed by atoms with Gasteiger partial charge in [-0.3, -0.25) is 4.79 Å². The summed E-state index contributed by atoms with van der Waals surface area (Å²) in [4.78, 5) is 12.7. The number of ether oxygens (including phenoxy) is 3. The third-order valence-electron chi connectivity index (χ3n) is 3.95. The van der Waals surface area contributed by atoms with Crippen molar-refractivity contribution in [3.8, 4) is 17.2 Å². The van der Waals surface area contributed by atoms with E-state index in [-0.39, 0.29) is 0 Å². The fourth-order valence-corrected chi connectivity index (χ4v) is 2.53. The molecule has 0 fully saturated rings. The summed E-state index contributed by atoms with van der Waals surface area (Å²) in [5.74, 6) is 1.19. The summed E-state index contributed by atoms with van der Waals surface area (Å²) in [6, 6.07) is 25.5. The number of nitrogens with zero attached hydrogens (tertiary/aromatic N) is 1. The molecule has 30 heavy (non-hydrogen) atoms. The van der Waals surface area contributed by atoms with Crippen LogP contribution in [0.1, 0.15) is 18.9 Å². The van der Waals surface area contributed by atoms with E-state index in [0.717, 1.165) is 12.0 Å². The summed E-state index contributed by atoms with van der Waals surface area (Å²) in [5.41, 5.74) is 3.24. The van der Waals surface area contributed by atoms with Gasteiger partial charge in [0.2, 0.25) is 0 Å². The van der Waals surface area contributed by atoms with Crippen molar-refractivity contribution in [2.24, 2.45) is 5.10 Å². The Morgan fingerprint density at radius 3 is 2.07 bits per heavy atom. The summed E-state index contributed by atoms with van der Waals surface area (Å²) >= 11 is 0. The number of carbonyl (C=O) groups is 1. The highest BCUT2D eigenvalue weighted by Crippen LogP contribution is 2.17. The van der Waals surface area contributed by atoms with Crippen molar-refractivity contribution in [1.82, 2.24) is 5.43 Å². The van der Waals surface area contributed by atoms with Crippen molar-refractivity contribution in [3.05, 3.63) is 90.5 Å². The SMILES string of the molecule is CCCOc1ccccc1C=NNC(=O)C(Oc1ccccc1)Oc1ccccc1. The summed E-state index contributed by atoms with van der Waals surface area (Å²) in [5, 5.41) is 4.05. The first-order chi connectivity index (χ1) is 14.8.